The number of primary amides is 1. The lowest BCUT2D eigenvalue weighted by molar-refractivity contribution is -0.247. The largest absolute Gasteiger partial charge is 0.507 e. The monoisotopic (exact) mass is 709 g/mol. The van der Waals surface area contributed by atoms with E-state index in [1.807, 2.05) is 0 Å². The number of H-pyrrole nitrogens is 1. The van der Waals surface area contributed by atoms with Crippen LogP contribution in [-0.4, -0.2) is 110 Å². The molecule has 2 heterocycles. The van der Waals surface area contributed by atoms with Crippen LogP contribution in [0.4, 0.5) is 5.82 Å². The topological polar surface area (TPSA) is 286 Å². The lowest BCUT2D eigenvalue weighted by Crippen LogP contribution is -2.52. The summed E-state index contributed by atoms with van der Waals surface area (Å²) in [4.78, 5) is 56.7. The number of amides is 1. The molecule has 0 bridgehead atoms. The van der Waals surface area contributed by atoms with Gasteiger partial charge in [-0.15, -0.1) is 5.11 Å². The minimum Gasteiger partial charge on any atom is -0.507 e. The summed E-state index contributed by atoms with van der Waals surface area (Å²) in [5.41, 5.74) is 8.09. The number of ether oxygens (including phenoxy) is 3. The van der Waals surface area contributed by atoms with Gasteiger partial charge >= 0.3 is 0 Å². The van der Waals surface area contributed by atoms with E-state index in [0.29, 0.717) is 0 Å². The van der Waals surface area contributed by atoms with E-state index in [4.69, 9.17) is 25.7 Å². The third-order valence-electron chi connectivity index (χ3n) is 8.97. The summed E-state index contributed by atoms with van der Waals surface area (Å²) in [5, 5.41) is 53.0. The summed E-state index contributed by atoms with van der Waals surface area (Å²) >= 11 is 0. The first-order valence-electron chi connectivity index (χ1n) is 15.8. The number of nitrogens with zero attached hydrogens (tertiary/aromatic N) is 4. The molecule has 2 aromatic carbocycles. The summed E-state index contributed by atoms with van der Waals surface area (Å²) in [7, 11) is 4.76. The van der Waals surface area contributed by atoms with E-state index in [0.717, 1.165) is 0 Å². The lowest BCUT2D eigenvalue weighted by atomic mass is 9.72. The Labute approximate surface area is 291 Å². The first kappa shape index (κ1) is 37.0. The van der Waals surface area contributed by atoms with Gasteiger partial charge in [-0.25, -0.2) is 4.98 Å². The normalized spacial score (nSPS) is 25.3. The summed E-state index contributed by atoms with van der Waals surface area (Å²) in [6.45, 7) is 2.79. The molecule has 6 rings (SSSR count). The van der Waals surface area contributed by atoms with Crippen molar-refractivity contribution in [2.45, 2.75) is 69.4 Å². The van der Waals surface area contributed by atoms with E-state index >= 15 is 0 Å². The molecule has 1 saturated heterocycles. The number of aromatic amines is 1. The van der Waals surface area contributed by atoms with Gasteiger partial charge in [0.05, 0.1) is 48.4 Å². The van der Waals surface area contributed by atoms with Gasteiger partial charge in [0.1, 0.15) is 22.8 Å². The van der Waals surface area contributed by atoms with Crippen molar-refractivity contribution in [2.24, 2.45) is 21.8 Å². The maximum Gasteiger partial charge on any atom is 0.271 e. The minimum atomic E-state index is -2.00. The molecular formula is C33H39N7O11. The van der Waals surface area contributed by atoms with Crippen molar-refractivity contribution < 1.29 is 53.8 Å². The number of aliphatic hydroxyl groups is 2. The zero-order valence-corrected chi connectivity index (χ0v) is 28.4. The number of aromatic nitrogens is 2. The van der Waals surface area contributed by atoms with Crippen LogP contribution in [-0.2, 0) is 20.7 Å². The van der Waals surface area contributed by atoms with Crippen LogP contribution in [0.3, 0.4) is 0 Å². The number of nitrogens with two attached hydrogens (primary N) is 2. The van der Waals surface area contributed by atoms with Crippen molar-refractivity contribution in [2.75, 3.05) is 21.2 Å². The van der Waals surface area contributed by atoms with E-state index in [1.165, 1.54) is 43.6 Å². The standard InChI is InChI=1S/C27H29NO10.C6H10N6O/c1-10-22(30)14(28)7-17(37-10)38-16-9-27(35,11(2)29)8-13-19(16)26(34)21-20(24(13)32)23(31)12-5-4-6-15(36-3)18(12)25(21)33;1-12(2)11-10-6-4(5(7)13)8-3-9-6/h4-6,10,14,16-17,22,30,32,34-35H,7-9,28H2,1-3H3;3H,1-2H3,(H2,7,13)(H,8,9)/b;11-10+/t10-,14-,16-,17-,22+,27-;/m0./s1. The fraction of sp³-hybridized carbons (Fsp3) is 0.424. The van der Waals surface area contributed by atoms with Crippen molar-refractivity contribution in [3.05, 3.63) is 63.6 Å². The van der Waals surface area contributed by atoms with E-state index in [-0.39, 0.29) is 52.4 Å². The highest BCUT2D eigenvalue weighted by atomic mass is 16.7. The molecule has 0 saturated carbocycles. The fourth-order valence-corrected chi connectivity index (χ4v) is 6.34. The molecule has 18 nitrogen and oxygen atoms in total. The number of aliphatic hydroxyl groups excluding tert-OH is 1. The molecule has 0 radical (unpaired) electrons. The number of rotatable bonds is 7. The van der Waals surface area contributed by atoms with Crippen molar-refractivity contribution in [3.63, 3.8) is 0 Å². The number of phenolic OH excluding ortho intramolecular Hbond substituents is 2. The van der Waals surface area contributed by atoms with Crippen LogP contribution in [0, 0.1) is 0 Å². The molecule has 3 aliphatic rings. The number of nitrogens with one attached hydrogen (secondary N) is 1. The number of carbonyl (C=O) groups excluding carboxylic acids is 4. The van der Waals surface area contributed by atoms with Gasteiger partial charge in [-0.3, -0.25) is 24.2 Å². The Morgan fingerprint density at radius 2 is 1.82 bits per heavy atom. The molecule has 0 spiro atoms. The van der Waals surface area contributed by atoms with Gasteiger partial charge in [0.15, 0.2) is 29.4 Å². The average Bonchev–Trinajstić information content (AvgIpc) is 3.56. The SMILES string of the molecule is CN(C)/N=N/c1[nH]cnc1C(N)=O.COc1cccc2c1C(=O)c1c(O)c3c(c(O)c1C2=O)C[C@@](O)(C(C)=O)C[C@@H]3O[C@H]1C[C@H](N)[C@H](O)[C@H](C)O1. The molecule has 6 atom stereocenters. The quantitative estimate of drug-likeness (QED) is 0.0804. The van der Waals surface area contributed by atoms with Crippen LogP contribution in [0.15, 0.2) is 34.9 Å². The van der Waals surface area contributed by atoms with Crippen molar-refractivity contribution in [1.82, 2.24) is 15.0 Å². The molecule has 1 aliphatic heterocycles. The molecule has 1 aromatic heterocycles. The maximum atomic E-state index is 13.6. The Morgan fingerprint density at radius 1 is 1.14 bits per heavy atom. The highest BCUT2D eigenvalue weighted by Crippen LogP contribution is 2.52. The number of imidazole rings is 1. The highest BCUT2D eigenvalue weighted by molar-refractivity contribution is 6.31. The summed E-state index contributed by atoms with van der Waals surface area (Å²) in [6, 6.07) is 3.75. The number of carbonyl (C=O) groups is 4. The summed E-state index contributed by atoms with van der Waals surface area (Å²) in [5.74, 6) is -3.54. The second kappa shape index (κ2) is 14.2. The number of benzene rings is 2. The number of methoxy groups -OCH3 is 1. The predicted molar refractivity (Wildman–Crippen MR) is 176 cm³/mol. The highest BCUT2D eigenvalue weighted by Gasteiger charge is 2.49. The fourth-order valence-electron chi connectivity index (χ4n) is 6.34. The second-order valence-electron chi connectivity index (χ2n) is 12.6. The van der Waals surface area contributed by atoms with Gasteiger partial charge in [-0.2, -0.15) is 0 Å². The Bertz CT molecular complexity index is 1910. The van der Waals surface area contributed by atoms with Gasteiger partial charge in [-0.1, -0.05) is 17.4 Å². The van der Waals surface area contributed by atoms with Gasteiger partial charge in [0.25, 0.3) is 5.91 Å². The third kappa shape index (κ3) is 6.78. The Morgan fingerprint density at radius 3 is 2.43 bits per heavy atom. The number of aromatic hydroxyl groups is 2. The van der Waals surface area contributed by atoms with Crippen LogP contribution < -0.4 is 16.2 Å². The Kier molecular flexibility index (Phi) is 10.3. The molecule has 0 unspecified atom stereocenters. The number of hydrogen-bond donors (Lipinski definition) is 7. The van der Waals surface area contributed by atoms with Crippen LogP contribution >= 0.6 is 0 Å². The first-order valence-corrected chi connectivity index (χ1v) is 15.8. The van der Waals surface area contributed by atoms with Crippen LogP contribution in [0.1, 0.15) is 86.3 Å². The molecule has 2 aliphatic carbocycles. The zero-order valence-electron chi connectivity index (χ0n) is 28.4. The van der Waals surface area contributed by atoms with Crippen molar-refractivity contribution in [3.8, 4) is 17.2 Å². The number of fused-ring (bicyclic) bond motifs is 3. The third-order valence-corrected chi connectivity index (χ3v) is 8.97. The van der Waals surface area contributed by atoms with Crippen molar-refractivity contribution >= 4 is 29.1 Å². The predicted octanol–water partition coefficient (Wildman–Crippen LogP) is 1.10. The van der Waals surface area contributed by atoms with Crippen molar-refractivity contribution in [1.29, 1.82) is 0 Å². The molecule has 18 heteroatoms. The molecule has 1 amide bonds. The molecule has 1 fully saturated rings. The smallest absolute Gasteiger partial charge is 0.271 e. The van der Waals surface area contributed by atoms with Gasteiger partial charge < -0.3 is 51.1 Å². The number of ketones is 3. The second-order valence-corrected chi connectivity index (χ2v) is 12.6. The maximum absolute atomic E-state index is 13.6. The number of hydrogen-bond acceptors (Lipinski definition) is 15. The van der Waals surface area contributed by atoms with E-state index < -0.39 is 88.5 Å². The molecule has 9 N–H and O–H groups in total. The molecule has 51 heavy (non-hydrogen) atoms. The molecule has 272 valence electrons. The van der Waals surface area contributed by atoms with Gasteiger partial charge in [0, 0.05) is 56.1 Å². The Balaban J connectivity index is 0.000000328. The van der Waals surface area contributed by atoms with Gasteiger partial charge in [0.2, 0.25) is 5.78 Å². The van der Waals surface area contributed by atoms with Crippen LogP contribution in [0.25, 0.3) is 0 Å². The van der Waals surface area contributed by atoms with Crippen LogP contribution in [0.5, 0.6) is 17.2 Å². The molecular weight excluding hydrogens is 670 g/mol. The first-order chi connectivity index (χ1) is 24.0. The Hall–Kier alpha value is -5.27. The summed E-state index contributed by atoms with van der Waals surface area (Å²) < 4.78 is 17.1. The summed E-state index contributed by atoms with van der Waals surface area (Å²) in [6.07, 6.45) is -3.19. The molecule has 3 aromatic rings. The number of phenols is 2. The van der Waals surface area contributed by atoms with E-state index in [9.17, 15) is 39.6 Å². The van der Waals surface area contributed by atoms with Gasteiger partial charge in [-0.05, 0) is 19.9 Å². The average molecular weight is 710 g/mol. The van der Waals surface area contributed by atoms with E-state index in [2.05, 4.69) is 20.3 Å². The van der Waals surface area contributed by atoms with Crippen LogP contribution in [0.2, 0.25) is 0 Å². The number of Topliss-reactive ketones (excluding diaryl/α,β-unsaturated/α-hetero) is 1. The lowest BCUT2D eigenvalue weighted by Gasteiger charge is -2.42. The minimum absolute atomic E-state index is 0.0147. The zero-order chi connectivity index (χ0) is 37.5. The van der Waals surface area contributed by atoms with E-state index in [1.54, 1.807) is 21.0 Å².